The van der Waals surface area contributed by atoms with Crippen molar-refractivity contribution in [2.45, 2.75) is 0 Å². The largest absolute Gasteiger partial charge is 0.372 e. The Bertz CT molecular complexity index is 458. The maximum absolute atomic E-state index is 4.35. The van der Waals surface area contributed by atoms with E-state index in [4.69, 9.17) is 0 Å². The lowest BCUT2D eigenvalue weighted by Crippen LogP contribution is -1.97. The maximum Gasteiger partial charge on any atom is 0.163 e. The summed E-state index contributed by atoms with van der Waals surface area (Å²) in [6.07, 6.45) is 5.19. The quantitative estimate of drug-likeness (QED) is 0.905. The van der Waals surface area contributed by atoms with Gasteiger partial charge in [-0.3, -0.25) is 4.98 Å². The topological polar surface area (TPSA) is 50.7 Å². The monoisotopic (exact) mass is 264 g/mol. The van der Waals surface area contributed by atoms with E-state index in [0.29, 0.717) is 5.82 Å². The average Bonchev–Trinajstić information content (AvgIpc) is 2.31. The van der Waals surface area contributed by atoms with Crippen molar-refractivity contribution in [3.05, 3.63) is 35.2 Å². The number of anilines is 1. The highest BCUT2D eigenvalue weighted by Crippen LogP contribution is 2.21. The molecule has 0 saturated carbocycles. The molecule has 0 radical (unpaired) electrons. The van der Waals surface area contributed by atoms with Crippen molar-refractivity contribution in [1.82, 2.24) is 15.0 Å². The van der Waals surface area contributed by atoms with Crippen LogP contribution in [0.1, 0.15) is 0 Å². The Morgan fingerprint density at radius 2 is 2.20 bits per heavy atom. The molecule has 2 aromatic rings. The van der Waals surface area contributed by atoms with Crippen molar-refractivity contribution in [1.29, 1.82) is 0 Å². The third-order valence-corrected chi connectivity index (χ3v) is 2.48. The minimum absolute atomic E-state index is 0.663. The van der Waals surface area contributed by atoms with Crippen LogP contribution >= 0.6 is 15.9 Å². The highest BCUT2D eigenvalue weighted by atomic mass is 79.9. The fourth-order valence-corrected chi connectivity index (χ4v) is 1.57. The highest BCUT2D eigenvalue weighted by molar-refractivity contribution is 9.10. The summed E-state index contributed by atoms with van der Waals surface area (Å²) in [5.41, 5.74) is 0.904. The average molecular weight is 265 g/mol. The molecule has 0 spiro atoms. The Balaban J connectivity index is 2.46. The fourth-order valence-electron chi connectivity index (χ4n) is 1.18. The molecule has 0 aliphatic heterocycles. The third-order valence-electron chi connectivity index (χ3n) is 1.90. The SMILES string of the molecule is CNc1nc(-c2cccnc2)ncc1Br. The zero-order valence-corrected chi connectivity index (χ0v) is 9.69. The molecule has 76 valence electrons. The van der Waals surface area contributed by atoms with Gasteiger partial charge in [-0.15, -0.1) is 0 Å². The summed E-state index contributed by atoms with van der Waals surface area (Å²) < 4.78 is 0.845. The summed E-state index contributed by atoms with van der Waals surface area (Å²) in [7, 11) is 1.82. The number of hydrogen-bond donors (Lipinski definition) is 1. The molecule has 0 fully saturated rings. The molecule has 15 heavy (non-hydrogen) atoms. The summed E-state index contributed by atoms with van der Waals surface area (Å²) in [6, 6.07) is 3.79. The summed E-state index contributed by atoms with van der Waals surface area (Å²) in [4.78, 5) is 12.6. The first kappa shape index (κ1) is 10.0. The Morgan fingerprint density at radius 1 is 1.33 bits per heavy atom. The lowest BCUT2D eigenvalue weighted by atomic mass is 10.3. The molecule has 5 heteroatoms. The molecule has 2 rings (SSSR count). The van der Waals surface area contributed by atoms with E-state index in [1.54, 1.807) is 18.6 Å². The lowest BCUT2D eigenvalue weighted by Gasteiger charge is -2.04. The standard InChI is InChI=1S/C10H9BrN4/c1-12-10-8(11)6-14-9(15-10)7-3-2-4-13-5-7/h2-6H,1H3,(H,12,14,15). The van der Waals surface area contributed by atoms with Gasteiger partial charge in [0.2, 0.25) is 0 Å². The van der Waals surface area contributed by atoms with E-state index in [0.717, 1.165) is 15.9 Å². The fraction of sp³-hybridized carbons (Fsp3) is 0.100. The predicted molar refractivity (Wildman–Crippen MR) is 62.5 cm³/mol. The number of nitrogens with one attached hydrogen (secondary N) is 1. The summed E-state index contributed by atoms with van der Waals surface area (Å²) >= 11 is 3.36. The molecule has 1 N–H and O–H groups in total. The predicted octanol–water partition coefficient (Wildman–Crippen LogP) is 2.34. The van der Waals surface area contributed by atoms with Crippen LogP contribution in [-0.4, -0.2) is 22.0 Å². The van der Waals surface area contributed by atoms with Crippen molar-refractivity contribution < 1.29 is 0 Å². The Labute approximate surface area is 95.9 Å². The van der Waals surface area contributed by atoms with E-state index in [9.17, 15) is 0 Å². The Kier molecular flexibility index (Phi) is 2.91. The Hall–Kier alpha value is -1.49. The first-order valence-electron chi connectivity index (χ1n) is 4.42. The van der Waals surface area contributed by atoms with Gasteiger partial charge in [-0.1, -0.05) is 0 Å². The summed E-state index contributed by atoms with van der Waals surface area (Å²) in [5.74, 6) is 1.43. The molecule has 0 aliphatic rings. The molecule has 2 aromatic heterocycles. The molecule has 0 bridgehead atoms. The van der Waals surface area contributed by atoms with Gasteiger partial charge in [-0.05, 0) is 28.1 Å². The number of rotatable bonds is 2. The van der Waals surface area contributed by atoms with E-state index in [1.165, 1.54) is 0 Å². The molecule has 0 atom stereocenters. The van der Waals surface area contributed by atoms with Crippen LogP contribution in [0, 0.1) is 0 Å². The molecule has 4 nitrogen and oxygen atoms in total. The van der Waals surface area contributed by atoms with Crippen LogP contribution in [0.25, 0.3) is 11.4 Å². The van der Waals surface area contributed by atoms with Crippen LogP contribution in [0.4, 0.5) is 5.82 Å². The number of nitrogens with zero attached hydrogens (tertiary/aromatic N) is 3. The number of pyridine rings is 1. The van der Waals surface area contributed by atoms with Crippen molar-refractivity contribution in [2.75, 3.05) is 12.4 Å². The van der Waals surface area contributed by atoms with Gasteiger partial charge in [-0.2, -0.15) is 0 Å². The van der Waals surface area contributed by atoms with Gasteiger partial charge in [0, 0.05) is 31.2 Å². The highest BCUT2D eigenvalue weighted by Gasteiger charge is 2.04. The maximum atomic E-state index is 4.35. The van der Waals surface area contributed by atoms with Crippen LogP contribution in [0.15, 0.2) is 35.2 Å². The van der Waals surface area contributed by atoms with Crippen LogP contribution in [0.5, 0.6) is 0 Å². The number of halogens is 1. The molecule has 0 aliphatic carbocycles. The Morgan fingerprint density at radius 3 is 2.87 bits per heavy atom. The zero-order valence-electron chi connectivity index (χ0n) is 8.11. The number of hydrogen-bond acceptors (Lipinski definition) is 4. The van der Waals surface area contributed by atoms with Gasteiger partial charge in [-0.25, -0.2) is 9.97 Å². The van der Waals surface area contributed by atoms with E-state index >= 15 is 0 Å². The normalized spacial score (nSPS) is 10.0. The van der Waals surface area contributed by atoms with Crippen molar-refractivity contribution in [3.63, 3.8) is 0 Å². The van der Waals surface area contributed by atoms with Crippen molar-refractivity contribution >= 4 is 21.7 Å². The van der Waals surface area contributed by atoms with E-state index in [1.807, 2.05) is 19.2 Å². The molecule has 0 unspecified atom stereocenters. The zero-order chi connectivity index (χ0) is 10.7. The smallest absolute Gasteiger partial charge is 0.163 e. The van der Waals surface area contributed by atoms with E-state index in [-0.39, 0.29) is 0 Å². The second-order valence-corrected chi connectivity index (χ2v) is 3.74. The lowest BCUT2D eigenvalue weighted by molar-refractivity contribution is 1.14. The van der Waals surface area contributed by atoms with Gasteiger partial charge < -0.3 is 5.32 Å². The summed E-state index contributed by atoms with van der Waals surface area (Å²) in [6.45, 7) is 0. The van der Waals surface area contributed by atoms with Crippen molar-refractivity contribution in [3.8, 4) is 11.4 Å². The van der Waals surface area contributed by atoms with Gasteiger partial charge in [0.05, 0.1) is 4.47 Å². The van der Waals surface area contributed by atoms with Crippen LogP contribution in [0.3, 0.4) is 0 Å². The molecule has 0 amide bonds. The van der Waals surface area contributed by atoms with Crippen LogP contribution in [-0.2, 0) is 0 Å². The first-order valence-corrected chi connectivity index (χ1v) is 5.21. The van der Waals surface area contributed by atoms with Crippen molar-refractivity contribution in [2.24, 2.45) is 0 Å². The van der Waals surface area contributed by atoms with Crippen LogP contribution < -0.4 is 5.32 Å². The minimum Gasteiger partial charge on any atom is -0.372 e. The molecule has 2 heterocycles. The van der Waals surface area contributed by atoms with Crippen LogP contribution in [0.2, 0.25) is 0 Å². The molecule has 0 saturated heterocycles. The molecule has 0 aromatic carbocycles. The number of aromatic nitrogens is 3. The van der Waals surface area contributed by atoms with Gasteiger partial charge in [0.25, 0.3) is 0 Å². The van der Waals surface area contributed by atoms with E-state index < -0.39 is 0 Å². The second-order valence-electron chi connectivity index (χ2n) is 2.88. The minimum atomic E-state index is 0.663. The third kappa shape index (κ3) is 2.12. The van der Waals surface area contributed by atoms with E-state index in [2.05, 4.69) is 36.2 Å². The van der Waals surface area contributed by atoms with Gasteiger partial charge in [0.1, 0.15) is 5.82 Å². The molecular formula is C10H9BrN4. The summed E-state index contributed by atoms with van der Waals surface area (Å²) in [5, 5.41) is 2.99. The second kappa shape index (κ2) is 4.35. The first-order chi connectivity index (χ1) is 7.31. The van der Waals surface area contributed by atoms with Gasteiger partial charge >= 0.3 is 0 Å². The van der Waals surface area contributed by atoms with Gasteiger partial charge in [0.15, 0.2) is 5.82 Å². The molecular weight excluding hydrogens is 256 g/mol.